The minimum Gasteiger partial charge on any atom is -0.430 e. The summed E-state index contributed by atoms with van der Waals surface area (Å²) in [4.78, 5) is 22.5. The van der Waals surface area contributed by atoms with Gasteiger partial charge in [0, 0.05) is 17.1 Å². The number of amides is 1. The number of rotatable bonds is 3. The van der Waals surface area contributed by atoms with Crippen molar-refractivity contribution in [3.8, 4) is 0 Å². The molecule has 0 radical (unpaired) electrons. The van der Waals surface area contributed by atoms with Crippen LogP contribution in [-0.2, 0) is 6.54 Å². The van der Waals surface area contributed by atoms with E-state index in [0.29, 0.717) is 12.1 Å². The normalized spacial score (nSPS) is 10.1. The Kier molecular flexibility index (Phi) is 3.94. The molecule has 4 nitrogen and oxygen atoms in total. The fourth-order valence-corrected chi connectivity index (χ4v) is 1.64. The van der Waals surface area contributed by atoms with Crippen LogP contribution in [0.5, 0.6) is 0 Å². The summed E-state index contributed by atoms with van der Waals surface area (Å²) in [6.07, 6.45) is 1.15. The summed E-state index contributed by atoms with van der Waals surface area (Å²) >= 11 is 3.34. The molecule has 5 heteroatoms. The van der Waals surface area contributed by atoms with Gasteiger partial charge in [-0.25, -0.2) is 4.79 Å². The van der Waals surface area contributed by atoms with E-state index in [1.165, 1.54) is 12.1 Å². The van der Waals surface area contributed by atoms with Crippen molar-refractivity contribution in [2.24, 2.45) is 0 Å². The van der Waals surface area contributed by atoms with Gasteiger partial charge in [0.05, 0.1) is 5.56 Å². The molecule has 2 aromatic rings. The number of carbonyl (C=O) groups is 1. The molecule has 18 heavy (non-hydrogen) atoms. The Hall–Kier alpha value is -1.88. The highest BCUT2D eigenvalue weighted by atomic mass is 79.9. The number of hydrogen-bond acceptors (Lipinski definition) is 3. The number of carbonyl (C=O) groups excluding carboxylic acids is 1. The fourth-order valence-electron chi connectivity index (χ4n) is 1.37. The van der Waals surface area contributed by atoms with Gasteiger partial charge in [-0.1, -0.05) is 28.1 Å². The van der Waals surface area contributed by atoms with Gasteiger partial charge in [0.25, 0.3) is 5.91 Å². The summed E-state index contributed by atoms with van der Waals surface area (Å²) in [7, 11) is 0. The predicted molar refractivity (Wildman–Crippen MR) is 70.3 cm³/mol. The summed E-state index contributed by atoms with van der Waals surface area (Å²) < 4.78 is 5.61. The van der Waals surface area contributed by atoms with Crippen molar-refractivity contribution >= 4 is 21.8 Å². The zero-order valence-corrected chi connectivity index (χ0v) is 10.9. The van der Waals surface area contributed by atoms with E-state index >= 15 is 0 Å². The van der Waals surface area contributed by atoms with E-state index in [2.05, 4.69) is 25.7 Å². The lowest BCUT2D eigenvalue weighted by Crippen LogP contribution is -2.23. The third-order valence-corrected chi connectivity index (χ3v) is 2.86. The summed E-state index contributed by atoms with van der Waals surface area (Å²) in [6, 6.07) is 10.3. The molecule has 1 amide bonds. The molecule has 0 aliphatic heterocycles. The largest absolute Gasteiger partial charge is 0.430 e. The van der Waals surface area contributed by atoms with Gasteiger partial charge in [0.15, 0.2) is 0 Å². The molecule has 0 saturated carbocycles. The van der Waals surface area contributed by atoms with Gasteiger partial charge < -0.3 is 9.73 Å². The first-order valence-electron chi connectivity index (χ1n) is 5.26. The second kappa shape index (κ2) is 5.64. The van der Waals surface area contributed by atoms with Gasteiger partial charge in [0.2, 0.25) is 0 Å². The number of hydrogen-bond donors (Lipinski definition) is 1. The molecule has 1 heterocycles. The van der Waals surface area contributed by atoms with Crippen LogP contribution < -0.4 is 10.9 Å². The lowest BCUT2D eigenvalue weighted by Gasteiger charge is -2.04. The van der Waals surface area contributed by atoms with Crippen LogP contribution in [0, 0.1) is 0 Å². The Morgan fingerprint density at radius 3 is 2.50 bits per heavy atom. The predicted octanol–water partition coefficient (Wildman–Crippen LogP) is 2.33. The molecule has 0 aliphatic carbocycles. The second-order valence-electron chi connectivity index (χ2n) is 3.65. The molecule has 0 atom stereocenters. The van der Waals surface area contributed by atoms with Crippen molar-refractivity contribution in [1.82, 2.24) is 5.32 Å². The lowest BCUT2D eigenvalue weighted by molar-refractivity contribution is 0.0948. The SMILES string of the molecule is O=C(NCc1ccc(Br)cc1)c1ccc(=O)oc1. The molecule has 0 bridgehead atoms. The molecule has 1 aromatic carbocycles. The smallest absolute Gasteiger partial charge is 0.335 e. The van der Waals surface area contributed by atoms with E-state index in [1.807, 2.05) is 24.3 Å². The van der Waals surface area contributed by atoms with Crippen molar-refractivity contribution in [3.05, 3.63) is 68.7 Å². The summed E-state index contributed by atoms with van der Waals surface area (Å²) in [5, 5.41) is 2.74. The fraction of sp³-hybridized carbons (Fsp3) is 0.0769. The molecule has 0 saturated heterocycles. The molecule has 1 N–H and O–H groups in total. The van der Waals surface area contributed by atoms with E-state index in [1.54, 1.807) is 0 Å². The van der Waals surface area contributed by atoms with E-state index < -0.39 is 5.63 Å². The Bertz CT molecular complexity index is 584. The van der Waals surface area contributed by atoms with Crippen LogP contribution in [0.2, 0.25) is 0 Å². The van der Waals surface area contributed by atoms with Crippen LogP contribution in [0.15, 0.2) is 56.3 Å². The maximum absolute atomic E-state index is 11.7. The van der Waals surface area contributed by atoms with Gasteiger partial charge in [-0.15, -0.1) is 0 Å². The molecule has 0 spiro atoms. The van der Waals surface area contributed by atoms with Gasteiger partial charge >= 0.3 is 5.63 Å². The first-order chi connectivity index (χ1) is 8.65. The number of nitrogens with one attached hydrogen (secondary N) is 1. The van der Waals surface area contributed by atoms with Crippen molar-refractivity contribution in [1.29, 1.82) is 0 Å². The minimum absolute atomic E-state index is 0.276. The monoisotopic (exact) mass is 307 g/mol. The Labute approximate surface area is 112 Å². The molecule has 0 aliphatic rings. The van der Waals surface area contributed by atoms with E-state index in [-0.39, 0.29) is 5.91 Å². The Morgan fingerprint density at radius 1 is 1.17 bits per heavy atom. The topological polar surface area (TPSA) is 59.3 Å². The molecular weight excluding hydrogens is 298 g/mol. The van der Waals surface area contributed by atoms with Crippen molar-refractivity contribution in [2.45, 2.75) is 6.54 Å². The third kappa shape index (κ3) is 3.30. The van der Waals surface area contributed by atoms with Gasteiger partial charge in [-0.05, 0) is 23.8 Å². The quantitative estimate of drug-likeness (QED) is 0.947. The molecular formula is C13H10BrNO3. The van der Waals surface area contributed by atoms with Gasteiger partial charge in [0.1, 0.15) is 6.26 Å². The van der Waals surface area contributed by atoms with Crippen molar-refractivity contribution in [3.63, 3.8) is 0 Å². The standard InChI is InChI=1S/C13H10BrNO3/c14-11-4-1-9(2-5-11)7-15-13(17)10-3-6-12(16)18-8-10/h1-6,8H,7H2,(H,15,17). The van der Waals surface area contributed by atoms with Crippen LogP contribution in [0.3, 0.4) is 0 Å². The van der Waals surface area contributed by atoms with Gasteiger partial charge in [-0.2, -0.15) is 0 Å². The van der Waals surface area contributed by atoms with Crippen LogP contribution >= 0.6 is 15.9 Å². The van der Waals surface area contributed by atoms with Gasteiger partial charge in [-0.3, -0.25) is 4.79 Å². The maximum atomic E-state index is 11.7. The zero-order chi connectivity index (χ0) is 13.0. The zero-order valence-electron chi connectivity index (χ0n) is 9.35. The van der Waals surface area contributed by atoms with E-state index in [0.717, 1.165) is 16.3 Å². The summed E-state index contributed by atoms with van der Waals surface area (Å²) in [5.41, 5.74) is 0.843. The first kappa shape index (κ1) is 12.6. The molecule has 0 unspecified atom stereocenters. The minimum atomic E-state index is -0.473. The lowest BCUT2D eigenvalue weighted by atomic mass is 10.2. The van der Waals surface area contributed by atoms with Crippen molar-refractivity contribution in [2.75, 3.05) is 0 Å². The third-order valence-electron chi connectivity index (χ3n) is 2.33. The second-order valence-corrected chi connectivity index (χ2v) is 4.57. The number of halogens is 1. The summed E-state index contributed by atoms with van der Waals surface area (Å²) in [6.45, 7) is 0.422. The van der Waals surface area contributed by atoms with E-state index in [9.17, 15) is 9.59 Å². The van der Waals surface area contributed by atoms with Crippen LogP contribution in [0.1, 0.15) is 15.9 Å². The van der Waals surface area contributed by atoms with Crippen LogP contribution in [0.25, 0.3) is 0 Å². The highest BCUT2D eigenvalue weighted by Crippen LogP contribution is 2.10. The van der Waals surface area contributed by atoms with E-state index in [4.69, 9.17) is 0 Å². The Morgan fingerprint density at radius 2 is 1.89 bits per heavy atom. The highest BCUT2D eigenvalue weighted by Gasteiger charge is 2.05. The molecule has 92 valence electrons. The average molecular weight is 308 g/mol. The highest BCUT2D eigenvalue weighted by molar-refractivity contribution is 9.10. The van der Waals surface area contributed by atoms with Crippen LogP contribution in [-0.4, -0.2) is 5.91 Å². The Balaban J connectivity index is 1.98. The van der Waals surface area contributed by atoms with Crippen molar-refractivity contribution < 1.29 is 9.21 Å². The average Bonchev–Trinajstić information content (AvgIpc) is 2.38. The van der Waals surface area contributed by atoms with Crippen LogP contribution in [0.4, 0.5) is 0 Å². The first-order valence-corrected chi connectivity index (χ1v) is 6.06. The maximum Gasteiger partial charge on any atom is 0.335 e. The molecule has 2 rings (SSSR count). The molecule has 0 fully saturated rings. The summed E-state index contributed by atoms with van der Waals surface area (Å²) in [5.74, 6) is -0.276. The molecule has 1 aromatic heterocycles. The number of benzene rings is 1.